The van der Waals surface area contributed by atoms with Gasteiger partial charge in [0.05, 0.1) is 6.42 Å². The van der Waals surface area contributed by atoms with Gasteiger partial charge in [-0.15, -0.1) is 0 Å². The predicted octanol–water partition coefficient (Wildman–Crippen LogP) is 3.46. The molecule has 1 nitrogen and oxygen atoms in total. The van der Waals surface area contributed by atoms with Crippen molar-refractivity contribution >= 4 is 11.6 Å². The zero-order valence-corrected chi connectivity index (χ0v) is 8.08. The van der Waals surface area contributed by atoms with Crippen molar-refractivity contribution in [2.24, 2.45) is 0 Å². The highest BCUT2D eigenvalue weighted by atomic mass is 35.5. The molecule has 0 saturated heterocycles. The highest BCUT2D eigenvalue weighted by molar-refractivity contribution is 6.31. The van der Waals surface area contributed by atoms with E-state index in [0.717, 1.165) is 6.07 Å². The van der Waals surface area contributed by atoms with Crippen LogP contribution in [0.25, 0.3) is 0 Å². The van der Waals surface area contributed by atoms with Crippen molar-refractivity contribution < 1.29 is 18.3 Å². The Morgan fingerprint density at radius 3 is 2.43 bits per heavy atom. The first-order valence-corrected chi connectivity index (χ1v) is 4.22. The van der Waals surface area contributed by atoms with E-state index in [-0.39, 0.29) is 16.3 Å². The van der Waals surface area contributed by atoms with E-state index in [1.54, 1.807) is 0 Å². The van der Waals surface area contributed by atoms with Crippen LogP contribution in [0.15, 0.2) is 12.1 Å². The zero-order valence-electron chi connectivity index (χ0n) is 7.32. The minimum atomic E-state index is -4.28. The summed E-state index contributed by atoms with van der Waals surface area (Å²) >= 11 is 5.55. The van der Waals surface area contributed by atoms with Crippen LogP contribution in [-0.2, 0) is 6.42 Å². The van der Waals surface area contributed by atoms with E-state index < -0.39 is 12.6 Å². The number of hydrogen-bond donors (Lipinski definition) is 1. The van der Waals surface area contributed by atoms with Gasteiger partial charge in [0.25, 0.3) is 0 Å². The highest BCUT2D eigenvalue weighted by Crippen LogP contribution is 2.30. The molecule has 1 rings (SSSR count). The summed E-state index contributed by atoms with van der Waals surface area (Å²) in [6.45, 7) is 1.52. The normalized spacial score (nSPS) is 11.8. The maximum atomic E-state index is 12.0. The lowest BCUT2D eigenvalue weighted by molar-refractivity contribution is -0.127. The first-order chi connectivity index (χ1) is 6.29. The smallest absolute Gasteiger partial charge is 0.393 e. The maximum Gasteiger partial charge on any atom is 0.393 e. The molecule has 0 aliphatic heterocycles. The molecule has 78 valence electrons. The van der Waals surface area contributed by atoms with Gasteiger partial charge in [-0.05, 0) is 24.1 Å². The van der Waals surface area contributed by atoms with Crippen LogP contribution in [0.1, 0.15) is 11.1 Å². The second kappa shape index (κ2) is 3.69. The van der Waals surface area contributed by atoms with E-state index in [1.807, 2.05) is 0 Å². The average molecular weight is 225 g/mol. The molecule has 0 aliphatic rings. The van der Waals surface area contributed by atoms with Crippen molar-refractivity contribution in [3.05, 3.63) is 28.3 Å². The second-order valence-corrected chi connectivity index (χ2v) is 3.43. The third-order valence-electron chi connectivity index (χ3n) is 1.76. The summed E-state index contributed by atoms with van der Waals surface area (Å²) in [5, 5.41) is 9.09. The monoisotopic (exact) mass is 224 g/mol. The maximum absolute atomic E-state index is 12.0. The van der Waals surface area contributed by atoms with Crippen LogP contribution >= 0.6 is 11.6 Å². The minimum Gasteiger partial charge on any atom is -0.508 e. The van der Waals surface area contributed by atoms with Crippen LogP contribution in [0, 0.1) is 6.92 Å². The standard InChI is InChI=1S/C9H8ClF3O/c1-5-2-6(4-9(11,12)13)7(10)3-8(5)14/h2-3,14H,4H2,1H3. The highest BCUT2D eigenvalue weighted by Gasteiger charge is 2.28. The van der Waals surface area contributed by atoms with Gasteiger partial charge in [-0.3, -0.25) is 0 Å². The fourth-order valence-electron chi connectivity index (χ4n) is 1.08. The van der Waals surface area contributed by atoms with E-state index >= 15 is 0 Å². The average Bonchev–Trinajstić information content (AvgIpc) is 1.97. The van der Waals surface area contributed by atoms with Crippen LogP contribution in [0.3, 0.4) is 0 Å². The van der Waals surface area contributed by atoms with E-state index in [4.69, 9.17) is 16.7 Å². The lowest BCUT2D eigenvalue weighted by Gasteiger charge is -2.09. The molecule has 1 aromatic rings. The third-order valence-corrected chi connectivity index (χ3v) is 2.11. The molecule has 0 saturated carbocycles. The van der Waals surface area contributed by atoms with Crippen LogP contribution in [-0.4, -0.2) is 11.3 Å². The lowest BCUT2D eigenvalue weighted by atomic mass is 10.1. The summed E-state index contributed by atoms with van der Waals surface area (Å²) in [7, 11) is 0. The minimum absolute atomic E-state index is 0.0190. The van der Waals surface area contributed by atoms with E-state index in [2.05, 4.69) is 0 Å². The number of hydrogen-bond acceptors (Lipinski definition) is 1. The fourth-order valence-corrected chi connectivity index (χ4v) is 1.31. The molecule has 0 unspecified atom stereocenters. The summed E-state index contributed by atoms with van der Waals surface area (Å²) in [5.74, 6) is -0.0964. The van der Waals surface area contributed by atoms with Gasteiger partial charge in [-0.2, -0.15) is 13.2 Å². The first kappa shape index (κ1) is 11.2. The Hall–Kier alpha value is -0.900. The third kappa shape index (κ3) is 2.80. The molecule has 0 amide bonds. The molecule has 0 bridgehead atoms. The van der Waals surface area contributed by atoms with Crippen molar-refractivity contribution in [3.63, 3.8) is 0 Å². The lowest BCUT2D eigenvalue weighted by Crippen LogP contribution is -2.11. The number of phenolic OH excluding ortho intramolecular Hbond substituents is 1. The van der Waals surface area contributed by atoms with Gasteiger partial charge in [0.2, 0.25) is 0 Å². The zero-order chi connectivity index (χ0) is 10.9. The summed E-state index contributed by atoms with van der Waals surface area (Å²) in [5.41, 5.74) is 0.364. The second-order valence-electron chi connectivity index (χ2n) is 3.02. The number of phenols is 1. The van der Waals surface area contributed by atoms with Gasteiger partial charge in [0, 0.05) is 5.02 Å². The van der Waals surface area contributed by atoms with Gasteiger partial charge in [0.1, 0.15) is 5.75 Å². The number of rotatable bonds is 1. The van der Waals surface area contributed by atoms with E-state index in [1.165, 1.54) is 13.0 Å². The Kier molecular flexibility index (Phi) is 2.95. The molecule has 0 spiro atoms. The van der Waals surface area contributed by atoms with Crippen LogP contribution in [0.2, 0.25) is 5.02 Å². The largest absolute Gasteiger partial charge is 0.508 e. The Morgan fingerprint density at radius 2 is 1.93 bits per heavy atom. The van der Waals surface area contributed by atoms with Crippen LogP contribution in [0.5, 0.6) is 5.75 Å². The Labute approximate surface area is 84.1 Å². The number of halogens is 4. The molecular weight excluding hydrogens is 217 g/mol. The van der Waals surface area contributed by atoms with E-state index in [9.17, 15) is 13.2 Å². The molecule has 1 aromatic carbocycles. The molecule has 0 radical (unpaired) electrons. The topological polar surface area (TPSA) is 20.2 Å². The molecular formula is C9H8ClF3O. The van der Waals surface area contributed by atoms with Gasteiger partial charge >= 0.3 is 6.18 Å². The summed E-state index contributed by atoms with van der Waals surface area (Å²) in [6, 6.07) is 2.36. The van der Waals surface area contributed by atoms with Gasteiger partial charge in [-0.1, -0.05) is 17.7 Å². The van der Waals surface area contributed by atoms with Crippen molar-refractivity contribution in [2.75, 3.05) is 0 Å². The molecule has 14 heavy (non-hydrogen) atoms. The quantitative estimate of drug-likeness (QED) is 0.775. The van der Waals surface area contributed by atoms with Crippen molar-refractivity contribution in [2.45, 2.75) is 19.5 Å². The number of aryl methyl sites for hydroxylation is 1. The van der Waals surface area contributed by atoms with E-state index in [0.29, 0.717) is 5.56 Å². The Balaban J connectivity index is 3.04. The number of aromatic hydroxyl groups is 1. The molecule has 5 heteroatoms. The number of alkyl halides is 3. The Bertz CT molecular complexity index is 347. The first-order valence-electron chi connectivity index (χ1n) is 3.84. The fraction of sp³-hybridized carbons (Fsp3) is 0.333. The van der Waals surface area contributed by atoms with Gasteiger partial charge in [0.15, 0.2) is 0 Å². The van der Waals surface area contributed by atoms with Crippen molar-refractivity contribution in [1.29, 1.82) is 0 Å². The molecule has 0 aliphatic carbocycles. The van der Waals surface area contributed by atoms with Crippen molar-refractivity contribution in [3.8, 4) is 5.75 Å². The molecule has 0 heterocycles. The number of benzene rings is 1. The Morgan fingerprint density at radius 1 is 1.36 bits per heavy atom. The van der Waals surface area contributed by atoms with Crippen molar-refractivity contribution in [1.82, 2.24) is 0 Å². The van der Waals surface area contributed by atoms with Gasteiger partial charge in [-0.25, -0.2) is 0 Å². The summed E-state index contributed by atoms with van der Waals surface area (Å²) < 4.78 is 36.1. The van der Waals surface area contributed by atoms with Gasteiger partial charge < -0.3 is 5.11 Å². The SMILES string of the molecule is Cc1cc(CC(F)(F)F)c(Cl)cc1O. The predicted molar refractivity (Wildman–Crippen MR) is 47.6 cm³/mol. The summed E-state index contributed by atoms with van der Waals surface area (Å²) in [4.78, 5) is 0. The molecule has 1 N–H and O–H groups in total. The molecule has 0 aromatic heterocycles. The van der Waals surface area contributed by atoms with Crippen LogP contribution in [0.4, 0.5) is 13.2 Å². The molecule has 0 fully saturated rings. The van der Waals surface area contributed by atoms with Crippen LogP contribution < -0.4 is 0 Å². The molecule has 0 atom stereocenters. The summed E-state index contributed by atoms with van der Waals surface area (Å²) in [6.07, 6.45) is -5.36.